The van der Waals surface area contributed by atoms with Gasteiger partial charge in [0.05, 0.1) is 5.70 Å². The van der Waals surface area contributed by atoms with Crippen molar-refractivity contribution >= 4 is 49.6 Å². The second-order valence-electron chi connectivity index (χ2n) is 9.11. The molecular formula is C31H20N2O2. The first-order chi connectivity index (χ1) is 17.3. The molecule has 0 fully saturated rings. The van der Waals surface area contributed by atoms with Gasteiger partial charge in [-0.2, -0.15) is 0 Å². The molecule has 2 aliphatic rings. The van der Waals surface area contributed by atoms with Crippen molar-refractivity contribution in [1.29, 1.82) is 0 Å². The summed E-state index contributed by atoms with van der Waals surface area (Å²) in [5.74, 6) is 0. The first-order valence-electron chi connectivity index (χ1n) is 11.8. The summed E-state index contributed by atoms with van der Waals surface area (Å²) in [6.07, 6.45) is 10.7. The van der Waals surface area contributed by atoms with Gasteiger partial charge in [0.25, 0.3) is 0 Å². The molecular weight excluding hydrogens is 432 g/mol. The minimum Gasteiger partial charge on any atom is -0.452 e. The van der Waals surface area contributed by atoms with Crippen molar-refractivity contribution in [2.45, 2.75) is 6.17 Å². The van der Waals surface area contributed by atoms with Crippen LogP contribution in [-0.4, -0.2) is 11.1 Å². The van der Waals surface area contributed by atoms with Gasteiger partial charge in [-0.25, -0.2) is 0 Å². The predicted molar refractivity (Wildman–Crippen MR) is 141 cm³/mol. The lowest BCUT2D eigenvalue weighted by Crippen LogP contribution is -2.31. The van der Waals surface area contributed by atoms with Gasteiger partial charge in [-0.05, 0) is 59.2 Å². The van der Waals surface area contributed by atoms with Crippen molar-refractivity contribution in [1.82, 2.24) is 10.2 Å². The third-order valence-corrected chi connectivity index (χ3v) is 7.08. The maximum atomic E-state index is 6.29. The number of furan rings is 2. The number of hydrogen-bond donors (Lipinski definition) is 1. The highest BCUT2D eigenvalue weighted by Gasteiger charge is 2.22. The van der Waals surface area contributed by atoms with Gasteiger partial charge in [0.15, 0.2) is 11.2 Å². The maximum Gasteiger partial charge on any atom is 0.178 e. The van der Waals surface area contributed by atoms with Crippen LogP contribution in [0.5, 0.6) is 0 Å². The number of nitrogens with one attached hydrogen (secondary N) is 1. The Hall–Kier alpha value is -4.70. The molecule has 0 spiro atoms. The van der Waals surface area contributed by atoms with E-state index in [1.807, 2.05) is 18.2 Å². The summed E-state index contributed by atoms with van der Waals surface area (Å²) >= 11 is 0. The standard InChI is InChI=1S/C31H20N2O2/c1-2-6-27-22(5-1)23-13-14-24-25-17-21(12-15-28(25)35-31(24)30(23)34-27)19-8-10-20(11-9-19)26-18-33-16-4-3-7-29(33)32-26/h1-18,29,32H. The van der Waals surface area contributed by atoms with Crippen molar-refractivity contribution < 1.29 is 8.83 Å². The molecule has 4 heteroatoms. The molecule has 2 aliphatic heterocycles. The maximum absolute atomic E-state index is 6.29. The van der Waals surface area contributed by atoms with Crippen molar-refractivity contribution in [2.75, 3.05) is 0 Å². The molecule has 0 bridgehead atoms. The number of allylic oxidation sites excluding steroid dienone is 2. The fourth-order valence-corrected chi connectivity index (χ4v) is 5.30. The second kappa shape index (κ2) is 6.90. The average molecular weight is 453 g/mol. The zero-order chi connectivity index (χ0) is 22.9. The largest absolute Gasteiger partial charge is 0.452 e. The van der Waals surface area contributed by atoms with E-state index in [2.05, 4.69) is 102 Å². The first-order valence-corrected chi connectivity index (χ1v) is 11.8. The van der Waals surface area contributed by atoms with Crippen LogP contribution in [0.25, 0.3) is 60.7 Å². The Bertz CT molecular complexity index is 1880. The van der Waals surface area contributed by atoms with Crippen LogP contribution in [0.1, 0.15) is 5.56 Å². The van der Waals surface area contributed by atoms with Crippen LogP contribution in [0.2, 0.25) is 0 Å². The number of nitrogens with zero attached hydrogens (tertiary/aromatic N) is 1. The van der Waals surface area contributed by atoms with Crippen molar-refractivity contribution in [3.8, 4) is 11.1 Å². The van der Waals surface area contributed by atoms with Crippen LogP contribution >= 0.6 is 0 Å². The zero-order valence-corrected chi connectivity index (χ0v) is 18.7. The quantitative estimate of drug-likeness (QED) is 0.291. The van der Waals surface area contributed by atoms with Gasteiger partial charge in [-0.15, -0.1) is 0 Å². The Morgan fingerprint density at radius 2 is 1.34 bits per heavy atom. The molecule has 166 valence electrons. The van der Waals surface area contributed by atoms with E-state index in [1.54, 1.807) is 0 Å². The molecule has 0 saturated heterocycles. The van der Waals surface area contributed by atoms with E-state index < -0.39 is 0 Å². The molecule has 1 atom stereocenters. The lowest BCUT2D eigenvalue weighted by Gasteiger charge is -2.20. The summed E-state index contributed by atoms with van der Waals surface area (Å²) in [5.41, 5.74) is 8.00. The third kappa shape index (κ3) is 2.74. The summed E-state index contributed by atoms with van der Waals surface area (Å²) in [5, 5.41) is 7.93. The van der Waals surface area contributed by atoms with E-state index in [4.69, 9.17) is 8.83 Å². The summed E-state index contributed by atoms with van der Waals surface area (Å²) < 4.78 is 12.5. The Morgan fingerprint density at radius 3 is 2.17 bits per heavy atom. The van der Waals surface area contributed by atoms with Crippen LogP contribution in [0.15, 0.2) is 118 Å². The van der Waals surface area contributed by atoms with Crippen LogP contribution in [-0.2, 0) is 0 Å². The fourth-order valence-electron chi connectivity index (χ4n) is 5.30. The smallest absolute Gasteiger partial charge is 0.178 e. The van der Waals surface area contributed by atoms with Crippen molar-refractivity contribution in [3.05, 3.63) is 115 Å². The number of rotatable bonds is 2. The molecule has 1 N–H and O–H groups in total. The highest BCUT2D eigenvalue weighted by atomic mass is 16.4. The number of para-hydroxylation sites is 1. The monoisotopic (exact) mass is 452 g/mol. The van der Waals surface area contributed by atoms with Crippen LogP contribution in [0.4, 0.5) is 0 Å². The summed E-state index contributed by atoms with van der Waals surface area (Å²) in [4.78, 5) is 2.18. The lowest BCUT2D eigenvalue weighted by atomic mass is 10.0. The van der Waals surface area contributed by atoms with E-state index in [9.17, 15) is 0 Å². The van der Waals surface area contributed by atoms with E-state index in [-0.39, 0.29) is 6.17 Å². The number of hydrogen-bond acceptors (Lipinski definition) is 4. The van der Waals surface area contributed by atoms with Gasteiger partial charge >= 0.3 is 0 Å². The van der Waals surface area contributed by atoms with Gasteiger partial charge in [-0.1, -0.05) is 54.6 Å². The molecule has 0 radical (unpaired) electrons. The molecule has 0 amide bonds. The molecule has 0 aliphatic carbocycles. The molecule has 8 rings (SSSR count). The SMILES string of the molecule is C1=CC2NC(c3ccc(-c4ccc5oc6c(ccc7c8ccccc8oc76)c5c4)cc3)=CN2C=C1. The molecule has 35 heavy (non-hydrogen) atoms. The minimum absolute atomic E-state index is 0.199. The topological polar surface area (TPSA) is 41.6 Å². The summed E-state index contributed by atoms with van der Waals surface area (Å²) in [7, 11) is 0. The van der Waals surface area contributed by atoms with Gasteiger partial charge in [0, 0.05) is 33.9 Å². The van der Waals surface area contributed by atoms with E-state index in [1.165, 1.54) is 11.1 Å². The third-order valence-electron chi connectivity index (χ3n) is 7.08. The predicted octanol–water partition coefficient (Wildman–Crippen LogP) is 7.77. The molecule has 2 aromatic heterocycles. The molecule has 4 nitrogen and oxygen atoms in total. The molecule has 4 heterocycles. The molecule has 0 saturated carbocycles. The zero-order valence-electron chi connectivity index (χ0n) is 18.7. The van der Waals surface area contributed by atoms with Gasteiger partial charge in [0.1, 0.15) is 17.3 Å². The first kappa shape index (κ1) is 18.7. The molecule has 6 aromatic rings. The average Bonchev–Trinajstić information content (AvgIpc) is 3.61. The normalized spacial score (nSPS) is 17.0. The fraction of sp³-hybridized carbons (Fsp3) is 0.0323. The lowest BCUT2D eigenvalue weighted by molar-refractivity contribution is 0.427. The van der Waals surface area contributed by atoms with Crippen molar-refractivity contribution in [3.63, 3.8) is 0 Å². The van der Waals surface area contributed by atoms with Crippen LogP contribution in [0.3, 0.4) is 0 Å². The van der Waals surface area contributed by atoms with Gasteiger partial charge in [0.2, 0.25) is 0 Å². The van der Waals surface area contributed by atoms with Crippen molar-refractivity contribution in [2.24, 2.45) is 0 Å². The summed E-state index contributed by atoms with van der Waals surface area (Å²) in [6.45, 7) is 0. The number of fused-ring (bicyclic) bond motifs is 8. The van der Waals surface area contributed by atoms with Crippen LogP contribution in [0, 0.1) is 0 Å². The molecule has 1 unspecified atom stereocenters. The number of benzene rings is 4. The second-order valence-corrected chi connectivity index (χ2v) is 9.11. The Balaban J connectivity index is 1.20. The Morgan fingerprint density at radius 1 is 0.629 bits per heavy atom. The van der Waals surface area contributed by atoms with Crippen LogP contribution < -0.4 is 5.32 Å². The van der Waals surface area contributed by atoms with Gasteiger partial charge < -0.3 is 19.1 Å². The van der Waals surface area contributed by atoms with E-state index >= 15 is 0 Å². The molecule has 4 aromatic carbocycles. The van der Waals surface area contributed by atoms with E-state index in [0.717, 1.165) is 55.1 Å². The van der Waals surface area contributed by atoms with Gasteiger partial charge in [-0.3, -0.25) is 0 Å². The highest BCUT2D eigenvalue weighted by molar-refractivity contribution is 6.19. The highest BCUT2D eigenvalue weighted by Crippen LogP contribution is 2.39. The summed E-state index contributed by atoms with van der Waals surface area (Å²) in [6, 6.07) is 27.5. The Labute approximate surface area is 201 Å². The van der Waals surface area contributed by atoms with E-state index in [0.29, 0.717) is 0 Å². The Kier molecular flexibility index (Phi) is 3.69. The minimum atomic E-state index is 0.199.